The molecular weight excluding hydrogens is 372 g/mol. The Labute approximate surface area is 166 Å². The Morgan fingerprint density at radius 1 is 1.07 bits per heavy atom. The Morgan fingerprint density at radius 3 is 2.50 bits per heavy atom. The van der Waals surface area contributed by atoms with E-state index < -0.39 is 0 Å². The van der Waals surface area contributed by atoms with E-state index in [2.05, 4.69) is 16.3 Å². The van der Waals surface area contributed by atoms with Gasteiger partial charge in [-0.3, -0.25) is 4.57 Å². The quantitative estimate of drug-likeness (QED) is 0.446. The van der Waals surface area contributed by atoms with Gasteiger partial charge >= 0.3 is 0 Å². The average Bonchev–Trinajstić information content (AvgIpc) is 3.42. The number of methoxy groups -OCH3 is 1. The zero-order chi connectivity index (χ0) is 19.3. The van der Waals surface area contributed by atoms with Crippen LogP contribution in [0.15, 0.2) is 76.5 Å². The second kappa shape index (κ2) is 8.03. The van der Waals surface area contributed by atoms with Crippen LogP contribution in [0.1, 0.15) is 11.1 Å². The fourth-order valence-electron chi connectivity index (χ4n) is 2.72. The first-order chi connectivity index (χ1) is 13.8. The van der Waals surface area contributed by atoms with E-state index >= 15 is 0 Å². The number of hydrogen-bond donors (Lipinski definition) is 0. The molecule has 0 atom stereocenters. The first kappa shape index (κ1) is 17.9. The van der Waals surface area contributed by atoms with Gasteiger partial charge in [0.1, 0.15) is 5.75 Å². The monoisotopic (exact) mass is 388 g/mol. The average molecular weight is 388 g/mol. The highest BCUT2D eigenvalue weighted by molar-refractivity contribution is 7.98. The lowest BCUT2D eigenvalue weighted by molar-refractivity contribution is 0.414. The fraction of sp³-hybridized carbons (Fsp3) is 0.0952. The summed E-state index contributed by atoms with van der Waals surface area (Å²) >= 11 is 1.57. The minimum atomic E-state index is 0.637. The van der Waals surface area contributed by atoms with E-state index in [4.69, 9.17) is 14.4 Å². The molecule has 138 valence electrons. The highest BCUT2D eigenvalue weighted by Gasteiger charge is 2.18. The largest absolute Gasteiger partial charge is 0.497 e. The van der Waals surface area contributed by atoms with E-state index in [-0.39, 0.29) is 0 Å². The number of hydrogen-bond acceptors (Lipinski definition) is 6. The number of benzene rings is 2. The van der Waals surface area contributed by atoms with Gasteiger partial charge in [-0.2, -0.15) is 5.26 Å². The highest BCUT2D eigenvalue weighted by atomic mass is 32.2. The van der Waals surface area contributed by atoms with Gasteiger partial charge in [-0.15, -0.1) is 10.2 Å². The molecule has 0 unspecified atom stereocenters. The summed E-state index contributed by atoms with van der Waals surface area (Å²) in [6, 6.07) is 21.1. The molecule has 0 aliphatic rings. The van der Waals surface area contributed by atoms with E-state index in [0.29, 0.717) is 22.9 Å². The van der Waals surface area contributed by atoms with Crippen LogP contribution in [0.4, 0.5) is 0 Å². The third-order valence-electron chi connectivity index (χ3n) is 4.16. The molecule has 4 rings (SSSR count). The number of rotatable bonds is 6. The van der Waals surface area contributed by atoms with Crippen molar-refractivity contribution in [1.82, 2.24) is 14.8 Å². The van der Waals surface area contributed by atoms with Crippen molar-refractivity contribution in [2.45, 2.75) is 10.9 Å². The molecule has 0 saturated carbocycles. The van der Waals surface area contributed by atoms with Crippen molar-refractivity contribution in [1.29, 1.82) is 5.26 Å². The standard InChI is InChI=1S/C21H16N4O2S/c1-26-18-10-8-17(9-11-18)25-20(19-3-2-12-27-19)23-24-21(25)28-14-16-6-4-15(13-22)5-7-16/h2-12H,14H2,1H3. The SMILES string of the molecule is COc1ccc(-n2c(SCc3ccc(C#N)cc3)nnc2-c2ccco2)cc1. The molecule has 0 N–H and O–H groups in total. The Kier molecular flexibility index (Phi) is 5.13. The molecule has 6 nitrogen and oxygen atoms in total. The minimum Gasteiger partial charge on any atom is -0.497 e. The lowest BCUT2D eigenvalue weighted by Gasteiger charge is -2.10. The van der Waals surface area contributed by atoms with Crippen molar-refractivity contribution in [2.75, 3.05) is 7.11 Å². The van der Waals surface area contributed by atoms with Gasteiger partial charge in [0.05, 0.1) is 30.7 Å². The normalized spacial score (nSPS) is 10.6. The summed E-state index contributed by atoms with van der Waals surface area (Å²) in [6.07, 6.45) is 1.62. The van der Waals surface area contributed by atoms with Crippen LogP contribution in [-0.4, -0.2) is 21.9 Å². The molecule has 4 aromatic rings. The maximum absolute atomic E-state index is 8.93. The minimum absolute atomic E-state index is 0.637. The Balaban J connectivity index is 1.67. The van der Waals surface area contributed by atoms with E-state index in [0.717, 1.165) is 22.2 Å². The summed E-state index contributed by atoms with van der Waals surface area (Å²) in [6.45, 7) is 0. The van der Waals surface area contributed by atoms with Crippen LogP contribution >= 0.6 is 11.8 Å². The van der Waals surface area contributed by atoms with Crippen molar-refractivity contribution in [2.24, 2.45) is 0 Å². The Hall–Kier alpha value is -3.50. The third kappa shape index (κ3) is 3.63. The molecule has 7 heteroatoms. The molecule has 0 fully saturated rings. The van der Waals surface area contributed by atoms with Gasteiger partial charge in [0.25, 0.3) is 0 Å². The summed E-state index contributed by atoms with van der Waals surface area (Å²) in [5.74, 6) is 2.77. The zero-order valence-corrected chi connectivity index (χ0v) is 15.9. The lowest BCUT2D eigenvalue weighted by atomic mass is 10.2. The fourth-order valence-corrected chi connectivity index (χ4v) is 3.62. The number of aromatic nitrogens is 3. The highest BCUT2D eigenvalue weighted by Crippen LogP contribution is 2.30. The Bertz CT molecular complexity index is 1100. The molecule has 0 aliphatic heterocycles. The number of ether oxygens (including phenoxy) is 1. The van der Waals surface area contributed by atoms with Gasteiger partial charge in [0, 0.05) is 5.75 Å². The molecule has 2 heterocycles. The summed E-state index contributed by atoms with van der Waals surface area (Å²) in [4.78, 5) is 0. The summed E-state index contributed by atoms with van der Waals surface area (Å²) < 4.78 is 12.8. The molecule has 2 aromatic heterocycles. The molecule has 2 aromatic carbocycles. The van der Waals surface area contributed by atoms with E-state index in [9.17, 15) is 0 Å². The van der Waals surface area contributed by atoms with Crippen LogP contribution in [0, 0.1) is 11.3 Å². The van der Waals surface area contributed by atoms with Gasteiger partial charge in [-0.1, -0.05) is 23.9 Å². The molecule has 0 saturated heterocycles. The van der Waals surface area contributed by atoms with Gasteiger partial charge in [0.2, 0.25) is 5.82 Å². The van der Waals surface area contributed by atoms with E-state index in [1.165, 1.54) is 0 Å². The van der Waals surface area contributed by atoms with Crippen LogP contribution in [0.3, 0.4) is 0 Å². The third-order valence-corrected chi connectivity index (χ3v) is 5.16. The molecule has 0 spiro atoms. The zero-order valence-electron chi connectivity index (χ0n) is 15.1. The molecule has 0 aliphatic carbocycles. The second-order valence-electron chi connectivity index (χ2n) is 5.91. The number of nitriles is 1. The predicted octanol–water partition coefficient (Wildman–Crippen LogP) is 4.70. The molecule has 28 heavy (non-hydrogen) atoms. The van der Waals surface area contributed by atoms with Crippen LogP contribution in [0.2, 0.25) is 0 Å². The smallest absolute Gasteiger partial charge is 0.205 e. The maximum Gasteiger partial charge on any atom is 0.205 e. The second-order valence-corrected chi connectivity index (χ2v) is 6.86. The molecular formula is C21H16N4O2S. The van der Waals surface area contributed by atoms with Gasteiger partial charge in [0.15, 0.2) is 10.9 Å². The van der Waals surface area contributed by atoms with Crippen LogP contribution in [0.25, 0.3) is 17.3 Å². The van der Waals surface area contributed by atoms with Crippen LogP contribution in [0.5, 0.6) is 5.75 Å². The number of furan rings is 1. The topological polar surface area (TPSA) is 76.9 Å². The molecule has 0 bridgehead atoms. The van der Waals surface area contributed by atoms with Crippen molar-refractivity contribution in [3.63, 3.8) is 0 Å². The van der Waals surface area contributed by atoms with Gasteiger partial charge in [-0.25, -0.2) is 0 Å². The maximum atomic E-state index is 8.93. The van der Waals surface area contributed by atoms with Crippen LogP contribution in [-0.2, 0) is 5.75 Å². The lowest BCUT2D eigenvalue weighted by Crippen LogP contribution is -1.99. The van der Waals surface area contributed by atoms with E-state index in [1.807, 2.05) is 65.2 Å². The first-order valence-electron chi connectivity index (χ1n) is 8.54. The first-order valence-corrected chi connectivity index (χ1v) is 9.52. The number of nitrogens with zero attached hydrogens (tertiary/aromatic N) is 4. The van der Waals surface area contributed by atoms with E-state index in [1.54, 1.807) is 25.1 Å². The van der Waals surface area contributed by atoms with Crippen molar-refractivity contribution < 1.29 is 9.15 Å². The predicted molar refractivity (Wildman–Crippen MR) is 106 cm³/mol. The number of thioether (sulfide) groups is 1. The van der Waals surface area contributed by atoms with Gasteiger partial charge < -0.3 is 9.15 Å². The summed E-state index contributed by atoms with van der Waals surface area (Å²) in [5, 5.41) is 18.4. The van der Waals surface area contributed by atoms with Crippen molar-refractivity contribution >= 4 is 11.8 Å². The van der Waals surface area contributed by atoms with Crippen LogP contribution < -0.4 is 4.74 Å². The molecule has 0 amide bonds. The van der Waals surface area contributed by atoms with Crippen molar-refractivity contribution in [3.05, 3.63) is 78.1 Å². The molecule has 0 radical (unpaired) electrons. The Morgan fingerprint density at radius 2 is 1.86 bits per heavy atom. The summed E-state index contributed by atoms with van der Waals surface area (Å²) in [5.41, 5.74) is 2.67. The van der Waals surface area contributed by atoms with Gasteiger partial charge in [-0.05, 0) is 54.1 Å². The summed E-state index contributed by atoms with van der Waals surface area (Å²) in [7, 11) is 1.64. The van der Waals surface area contributed by atoms with Crippen molar-refractivity contribution in [3.8, 4) is 29.1 Å².